The fourth-order valence-electron chi connectivity index (χ4n) is 2.30. The number of hydrogen-bond acceptors (Lipinski definition) is 0. The third-order valence-corrected chi connectivity index (χ3v) is 7.09. The van der Waals surface area contributed by atoms with E-state index < -0.39 is 8.07 Å². The van der Waals surface area contributed by atoms with Gasteiger partial charge in [-0.3, -0.25) is 0 Å². The number of rotatable bonds is 2. The predicted octanol–water partition coefficient (Wildman–Crippen LogP) is 4.89. The molecule has 2 rings (SSSR count). The third kappa shape index (κ3) is 2.10. The monoisotopic (exact) mass is 258 g/mol. The van der Waals surface area contributed by atoms with Crippen LogP contribution in [0.1, 0.15) is 12.0 Å². The van der Waals surface area contributed by atoms with Crippen LogP contribution in [-0.4, -0.2) is 8.07 Å². The molecule has 0 amide bonds. The van der Waals surface area contributed by atoms with Crippen LogP contribution in [0, 0.1) is 0 Å². The minimum atomic E-state index is -1.13. The molecule has 1 aromatic carbocycles. The summed E-state index contributed by atoms with van der Waals surface area (Å²) in [4.78, 5) is -0.116. The van der Waals surface area contributed by atoms with E-state index >= 15 is 0 Å². The summed E-state index contributed by atoms with van der Waals surface area (Å²) >= 11 is 12.7. The normalized spacial score (nSPS) is 30.3. The van der Waals surface area contributed by atoms with Gasteiger partial charge in [0.05, 0.1) is 4.87 Å². The van der Waals surface area contributed by atoms with Crippen molar-refractivity contribution in [2.24, 2.45) is 0 Å². The van der Waals surface area contributed by atoms with Gasteiger partial charge in [-0.05, 0) is 29.7 Å². The molecular weight excluding hydrogens is 243 g/mol. The van der Waals surface area contributed by atoms with Crippen LogP contribution in [0.5, 0.6) is 0 Å². The third-order valence-electron chi connectivity index (χ3n) is 3.24. The summed E-state index contributed by atoms with van der Waals surface area (Å²) < 4.78 is 0. The van der Waals surface area contributed by atoms with Gasteiger partial charge in [0.2, 0.25) is 0 Å². The van der Waals surface area contributed by atoms with Gasteiger partial charge in [0, 0.05) is 13.1 Å². The Hall–Kier alpha value is 0.0169. The lowest BCUT2D eigenvalue weighted by molar-refractivity contribution is 1.000. The first kappa shape index (κ1) is 11.5. The van der Waals surface area contributed by atoms with Gasteiger partial charge < -0.3 is 0 Å². The van der Waals surface area contributed by atoms with E-state index in [-0.39, 0.29) is 4.87 Å². The molecule has 2 unspecified atom stereocenters. The molecule has 0 aliphatic heterocycles. The van der Waals surface area contributed by atoms with Gasteiger partial charge >= 0.3 is 0 Å². The molecule has 1 aliphatic carbocycles. The maximum Gasteiger partial charge on any atom is 0.0701 e. The molecule has 1 aliphatic rings. The standard InChI is InChI=1S/C12H16Cl2Si/c1-15(2,3)11-8-12(11,14)9-5-4-6-10(13)7-9/h4-7,11H,8H2,1-3H3. The average Bonchev–Trinajstić information content (AvgIpc) is 2.79. The van der Waals surface area contributed by atoms with Crippen molar-refractivity contribution in [3.05, 3.63) is 34.9 Å². The van der Waals surface area contributed by atoms with E-state index in [4.69, 9.17) is 23.2 Å². The van der Waals surface area contributed by atoms with E-state index in [1.54, 1.807) is 0 Å². The van der Waals surface area contributed by atoms with Crippen LogP contribution in [0.4, 0.5) is 0 Å². The zero-order valence-electron chi connectivity index (χ0n) is 9.35. The molecular formula is C12H16Cl2Si. The van der Waals surface area contributed by atoms with E-state index in [2.05, 4.69) is 25.7 Å². The quantitative estimate of drug-likeness (QED) is 0.524. The molecule has 2 atom stereocenters. The van der Waals surface area contributed by atoms with Gasteiger partial charge in [-0.2, -0.15) is 0 Å². The molecule has 0 heterocycles. The van der Waals surface area contributed by atoms with Gasteiger partial charge in [-0.25, -0.2) is 0 Å². The van der Waals surface area contributed by atoms with E-state index in [0.717, 1.165) is 11.4 Å². The smallest absolute Gasteiger partial charge is 0.0701 e. The molecule has 0 spiro atoms. The summed E-state index contributed by atoms with van der Waals surface area (Å²) in [5.41, 5.74) is 1.88. The Bertz CT molecular complexity index is 383. The van der Waals surface area contributed by atoms with Crippen molar-refractivity contribution in [3.63, 3.8) is 0 Å². The zero-order valence-corrected chi connectivity index (χ0v) is 11.9. The van der Waals surface area contributed by atoms with Gasteiger partial charge in [0.25, 0.3) is 0 Å². The van der Waals surface area contributed by atoms with Crippen molar-refractivity contribution in [1.82, 2.24) is 0 Å². The van der Waals surface area contributed by atoms with E-state index in [0.29, 0.717) is 5.54 Å². The maximum absolute atomic E-state index is 6.67. The molecule has 1 aromatic rings. The molecule has 15 heavy (non-hydrogen) atoms. The van der Waals surface area contributed by atoms with Crippen molar-refractivity contribution in [3.8, 4) is 0 Å². The molecule has 0 radical (unpaired) electrons. The Morgan fingerprint density at radius 2 is 2.00 bits per heavy atom. The Morgan fingerprint density at radius 3 is 2.47 bits per heavy atom. The van der Waals surface area contributed by atoms with Crippen LogP contribution in [0.25, 0.3) is 0 Å². The van der Waals surface area contributed by atoms with Gasteiger partial charge in [-0.15, -0.1) is 11.6 Å². The van der Waals surface area contributed by atoms with Gasteiger partial charge in [0.1, 0.15) is 0 Å². The molecule has 1 saturated carbocycles. The average molecular weight is 259 g/mol. The van der Waals surface area contributed by atoms with Crippen molar-refractivity contribution >= 4 is 31.3 Å². The number of alkyl halides is 1. The van der Waals surface area contributed by atoms with Crippen molar-refractivity contribution in [2.75, 3.05) is 0 Å². The fraction of sp³-hybridized carbons (Fsp3) is 0.500. The van der Waals surface area contributed by atoms with Crippen molar-refractivity contribution in [2.45, 2.75) is 36.5 Å². The highest BCUT2D eigenvalue weighted by Gasteiger charge is 2.59. The molecule has 0 nitrogen and oxygen atoms in total. The van der Waals surface area contributed by atoms with E-state index in [1.807, 2.05) is 18.2 Å². The summed E-state index contributed by atoms with van der Waals surface area (Å²) in [5.74, 6) is 0. The first-order valence-electron chi connectivity index (χ1n) is 5.29. The minimum absolute atomic E-state index is 0.116. The molecule has 3 heteroatoms. The van der Waals surface area contributed by atoms with Crippen LogP contribution in [0.3, 0.4) is 0 Å². The predicted molar refractivity (Wildman–Crippen MR) is 70.7 cm³/mol. The second-order valence-electron chi connectivity index (χ2n) is 5.50. The second kappa shape index (κ2) is 3.51. The summed E-state index contributed by atoms with van der Waals surface area (Å²) in [7, 11) is -1.13. The maximum atomic E-state index is 6.67. The lowest BCUT2D eigenvalue weighted by Gasteiger charge is -2.19. The highest BCUT2D eigenvalue weighted by molar-refractivity contribution is 6.79. The summed E-state index contributed by atoms with van der Waals surface area (Å²) in [6, 6.07) is 7.99. The fourth-order valence-corrected chi connectivity index (χ4v) is 6.34. The van der Waals surface area contributed by atoms with Crippen LogP contribution < -0.4 is 0 Å². The van der Waals surface area contributed by atoms with Crippen molar-refractivity contribution < 1.29 is 0 Å². The van der Waals surface area contributed by atoms with Crippen LogP contribution in [0.2, 0.25) is 30.2 Å². The number of benzene rings is 1. The lowest BCUT2D eigenvalue weighted by atomic mass is 10.1. The Morgan fingerprint density at radius 1 is 1.33 bits per heavy atom. The minimum Gasteiger partial charge on any atom is -0.114 e. The molecule has 0 saturated heterocycles. The topological polar surface area (TPSA) is 0 Å². The number of halogens is 2. The highest BCUT2D eigenvalue weighted by atomic mass is 35.5. The van der Waals surface area contributed by atoms with Crippen molar-refractivity contribution in [1.29, 1.82) is 0 Å². The SMILES string of the molecule is C[Si](C)(C)C1CC1(Cl)c1cccc(Cl)c1. The lowest BCUT2D eigenvalue weighted by Crippen LogP contribution is -2.23. The zero-order chi connectivity index (χ0) is 11.3. The molecule has 0 bridgehead atoms. The van der Waals surface area contributed by atoms with Gasteiger partial charge in [0.15, 0.2) is 0 Å². The number of hydrogen-bond donors (Lipinski definition) is 0. The molecule has 0 N–H and O–H groups in total. The van der Waals surface area contributed by atoms with Crippen LogP contribution >= 0.6 is 23.2 Å². The Labute approximate surface area is 103 Å². The largest absolute Gasteiger partial charge is 0.114 e. The first-order chi connectivity index (χ1) is 6.84. The summed E-state index contributed by atoms with van der Waals surface area (Å²) in [5, 5.41) is 0.786. The Balaban J connectivity index is 2.27. The van der Waals surface area contributed by atoms with Gasteiger partial charge in [-0.1, -0.05) is 43.4 Å². The van der Waals surface area contributed by atoms with Crippen LogP contribution in [-0.2, 0) is 4.87 Å². The first-order valence-corrected chi connectivity index (χ1v) is 9.62. The van der Waals surface area contributed by atoms with E-state index in [1.165, 1.54) is 5.56 Å². The Kier molecular flexibility index (Phi) is 2.69. The molecule has 1 fully saturated rings. The van der Waals surface area contributed by atoms with E-state index in [9.17, 15) is 0 Å². The summed E-state index contributed by atoms with van der Waals surface area (Å²) in [6.45, 7) is 7.14. The molecule has 82 valence electrons. The summed E-state index contributed by atoms with van der Waals surface area (Å²) in [6.07, 6.45) is 1.12. The van der Waals surface area contributed by atoms with Crippen LogP contribution in [0.15, 0.2) is 24.3 Å². The molecule has 0 aromatic heterocycles. The second-order valence-corrected chi connectivity index (χ2v) is 12.0. The highest BCUT2D eigenvalue weighted by Crippen LogP contribution is 2.66.